The second-order valence-corrected chi connectivity index (χ2v) is 4.69. The van der Waals surface area contributed by atoms with Gasteiger partial charge in [-0.3, -0.25) is 4.68 Å². The van der Waals surface area contributed by atoms with Gasteiger partial charge < -0.3 is 0 Å². The van der Waals surface area contributed by atoms with Crippen LogP contribution in [0.3, 0.4) is 0 Å². The molecule has 16 heavy (non-hydrogen) atoms. The second-order valence-electron chi connectivity index (χ2n) is 4.69. The van der Waals surface area contributed by atoms with Crippen molar-refractivity contribution in [1.29, 1.82) is 0 Å². The standard InChI is InChI=1S/C11H15F3N2/c1-6(2)9-7(3)10(11(12,13)14)15-16(9)8-4-5-8/h6,8H,4-5H2,1-3H3. The fourth-order valence-electron chi connectivity index (χ4n) is 2.09. The van der Waals surface area contributed by atoms with E-state index in [1.165, 1.54) is 6.92 Å². The monoisotopic (exact) mass is 232 g/mol. The van der Waals surface area contributed by atoms with Crippen molar-refractivity contribution in [2.24, 2.45) is 0 Å². The van der Waals surface area contributed by atoms with Gasteiger partial charge in [0.15, 0.2) is 5.69 Å². The van der Waals surface area contributed by atoms with Gasteiger partial charge in [0.2, 0.25) is 0 Å². The molecule has 0 atom stereocenters. The van der Waals surface area contributed by atoms with Crippen molar-refractivity contribution in [2.45, 2.75) is 51.7 Å². The van der Waals surface area contributed by atoms with Gasteiger partial charge in [-0.05, 0) is 25.7 Å². The Labute approximate surface area is 92.4 Å². The number of hydrogen-bond donors (Lipinski definition) is 0. The lowest BCUT2D eigenvalue weighted by Crippen LogP contribution is -2.08. The van der Waals surface area contributed by atoms with Crippen LogP contribution in [0, 0.1) is 6.92 Å². The van der Waals surface area contributed by atoms with Crippen LogP contribution in [-0.4, -0.2) is 9.78 Å². The van der Waals surface area contributed by atoms with E-state index in [-0.39, 0.29) is 17.5 Å². The summed E-state index contributed by atoms with van der Waals surface area (Å²) in [5, 5.41) is 3.76. The SMILES string of the molecule is Cc1c(C(F)(F)F)nn(C2CC2)c1C(C)C. The van der Waals surface area contributed by atoms with E-state index in [0.29, 0.717) is 0 Å². The number of hydrogen-bond acceptors (Lipinski definition) is 1. The molecule has 1 saturated carbocycles. The number of nitrogens with zero attached hydrogens (tertiary/aromatic N) is 2. The first-order valence-electron chi connectivity index (χ1n) is 5.48. The highest BCUT2D eigenvalue weighted by Gasteiger charge is 2.40. The van der Waals surface area contributed by atoms with E-state index in [2.05, 4.69) is 5.10 Å². The van der Waals surface area contributed by atoms with Gasteiger partial charge in [0.25, 0.3) is 0 Å². The van der Waals surface area contributed by atoms with Crippen molar-refractivity contribution in [3.8, 4) is 0 Å². The predicted octanol–water partition coefficient (Wildman–Crippen LogP) is 3.67. The summed E-state index contributed by atoms with van der Waals surface area (Å²) in [6, 6.07) is 0.187. The van der Waals surface area contributed by atoms with Gasteiger partial charge in [0.1, 0.15) is 0 Å². The molecule has 1 aliphatic rings. The summed E-state index contributed by atoms with van der Waals surface area (Å²) in [6.07, 6.45) is -2.45. The predicted molar refractivity (Wildman–Crippen MR) is 54.3 cm³/mol. The Morgan fingerprint density at radius 3 is 2.25 bits per heavy atom. The van der Waals surface area contributed by atoms with Crippen LogP contribution in [0.4, 0.5) is 13.2 Å². The van der Waals surface area contributed by atoms with Crippen LogP contribution in [-0.2, 0) is 6.18 Å². The number of halogens is 3. The van der Waals surface area contributed by atoms with Gasteiger partial charge in [-0.25, -0.2) is 0 Å². The quantitative estimate of drug-likeness (QED) is 0.760. The van der Waals surface area contributed by atoms with E-state index in [9.17, 15) is 13.2 Å². The van der Waals surface area contributed by atoms with Crippen molar-refractivity contribution in [2.75, 3.05) is 0 Å². The summed E-state index contributed by atoms with van der Waals surface area (Å²) in [4.78, 5) is 0. The number of aromatic nitrogens is 2. The fraction of sp³-hybridized carbons (Fsp3) is 0.727. The van der Waals surface area contributed by atoms with Gasteiger partial charge in [-0.15, -0.1) is 0 Å². The van der Waals surface area contributed by atoms with E-state index in [4.69, 9.17) is 0 Å². The van der Waals surface area contributed by atoms with Crippen molar-refractivity contribution in [3.05, 3.63) is 17.0 Å². The molecule has 2 rings (SSSR count). The molecule has 1 fully saturated rings. The Kier molecular flexibility index (Phi) is 2.51. The zero-order chi connectivity index (χ0) is 12.1. The largest absolute Gasteiger partial charge is 0.435 e. The molecule has 0 amide bonds. The first-order chi connectivity index (χ1) is 7.32. The Bertz CT molecular complexity index is 400. The minimum Gasteiger partial charge on any atom is -0.265 e. The average Bonchev–Trinajstić information content (AvgIpc) is 2.87. The Hall–Kier alpha value is -1.00. The Morgan fingerprint density at radius 1 is 1.31 bits per heavy atom. The first kappa shape index (κ1) is 11.5. The highest BCUT2D eigenvalue weighted by molar-refractivity contribution is 5.30. The lowest BCUT2D eigenvalue weighted by molar-refractivity contribution is -0.141. The molecule has 0 spiro atoms. The maximum absolute atomic E-state index is 12.7. The van der Waals surface area contributed by atoms with Crippen molar-refractivity contribution in [1.82, 2.24) is 9.78 Å². The molecule has 0 aromatic carbocycles. The summed E-state index contributed by atoms with van der Waals surface area (Å²) in [5.41, 5.74) is 0.298. The van der Waals surface area contributed by atoms with E-state index in [0.717, 1.165) is 18.5 Å². The zero-order valence-electron chi connectivity index (χ0n) is 9.60. The Morgan fingerprint density at radius 2 is 1.88 bits per heavy atom. The summed E-state index contributed by atoms with van der Waals surface area (Å²) in [5.74, 6) is 0.0733. The van der Waals surface area contributed by atoms with Gasteiger partial charge >= 0.3 is 6.18 Å². The van der Waals surface area contributed by atoms with Crippen LogP contribution in [0.25, 0.3) is 0 Å². The molecular formula is C11H15F3N2. The van der Waals surface area contributed by atoms with Crippen LogP contribution in [0.5, 0.6) is 0 Å². The maximum atomic E-state index is 12.7. The van der Waals surface area contributed by atoms with Crippen LogP contribution >= 0.6 is 0 Å². The van der Waals surface area contributed by atoms with Gasteiger partial charge in [-0.1, -0.05) is 13.8 Å². The molecule has 1 aliphatic carbocycles. The molecule has 0 aliphatic heterocycles. The molecule has 0 saturated heterocycles. The fourth-order valence-corrected chi connectivity index (χ4v) is 2.09. The van der Waals surface area contributed by atoms with E-state index < -0.39 is 11.9 Å². The third-order valence-electron chi connectivity index (χ3n) is 2.90. The molecule has 1 aromatic heterocycles. The second kappa shape index (κ2) is 3.50. The minimum absolute atomic E-state index is 0.0733. The molecule has 5 heteroatoms. The minimum atomic E-state index is -4.34. The van der Waals surface area contributed by atoms with Crippen LogP contribution in [0.15, 0.2) is 0 Å². The lowest BCUT2D eigenvalue weighted by atomic mass is 10.0. The molecular weight excluding hydrogens is 217 g/mol. The molecule has 2 nitrogen and oxygen atoms in total. The average molecular weight is 232 g/mol. The molecule has 0 N–H and O–H groups in total. The maximum Gasteiger partial charge on any atom is 0.435 e. The van der Waals surface area contributed by atoms with Crippen LogP contribution < -0.4 is 0 Å². The molecule has 1 aromatic rings. The van der Waals surface area contributed by atoms with Gasteiger partial charge in [-0.2, -0.15) is 18.3 Å². The van der Waals surface area contributed by atoms with Crippen molar-refractivity contribution < 1.29 is 13.2 Å². The highest BCUT2D eigenvalue weighted by Crippen LogP contribution is 2.41. The zero-order valence-corrected chi connectivity index (χ0v) is 9.60. The summed E-state index contributed by atoms with van der Waals surface area (Å²) in [6.45, 7) is 5.33. The van der Waals surface area contributed by atoms with Crippen LogP contribution in [0.2, 0.25) is 0 Å². The highest BCUT2D eigenvalue weighted by atomic mass is 19.4. The third kappa shape index (κ3) is 1.83. The smallest absolute Gasteiger partial charge is 0.265 e. The summed E-state index contributed by atoms with van der Waals surface area (Å²) >= 11 is 0. The van der Waals surface area contributed by atoms with Crippen LogP contribution in [0.1, 0.15) is 55.6 Å². The summed E-state index contributed by atoms with van der Waals surface area (Å²) < 4.78 is 39.7. The van der Waals surface area contributed by atoms with Gasteiger partial charge in [0.05, 0.1) is 6.04 Å². The molecule has 0 radical (unpaired) electrons. The number of alkyl halides is 3. The summed E-state index contributed by atoms with van der Waals surface area (Å²) in [7, 11) is 0. The topological polar surface area (TPSA) is 17.8 Å². The molecule has 0 bridgehead atoms. The molecule has 0 unspecified atom stereocenters. The van der Waals surface area contributed by atoms with Crippen molar-refractivity contribution >= 4 is 0 Å². The molecule has 90 valence electrons. The third-order valence-corrected chi connectivity index (χ3v) is 2.90. The van der Waals surface area contributed by atoms with Crippen molar-refractivity contribution in [3.63, 3.8) is 0 Å². The normalized spacial score (nSPS) is 17.2. The van der Waals surface area contributed by atoms with E-state index in [1.54, 1.807) is 4.68 Å². The number of rotatable bonds is 2. The van der Waals surface area contributed by atoms with E-state index in [1.807, 2.05) is 13.8 Å². The Balaban J connectivity index is 2.53. The lowest BCUT2D eigenvalue weighted by Gasteiger charge is -2.10. The first-order valence-corrected chi connectivity index (χ1v) is 5.48. The van der Waals surface area contributed by atoms with E-state index >= 15 is 0 Å². The molecule has 1 heterocycles. The van der Waals surface area contributed by atoms with Gasteiger partial charge in [0, 0.05) is 11.3 Å².